The van der Waals surface area contributed by atoms with Crippen LogP contribution in [0.3, 0.4) is 0 Å². The molecule has 0 bridgehead atoms. The fourth-order valence-corrected chi connectivity index (χ4v) is 2.11. The van der Waals surface area contributed by atoms with Crippen molar-refractivity contribution >= 4 is 22.8 Å². The molecule has 0 aliphatic carbocycles. The molecule has 0 fully saturated rings. The van der Waals surface area contributed by atoms with Gasteiger partial charge in [-0.1, -0.05) is 6.92 Å². The summed E-state index contributed by atoms with van der Waals surface area (Å²) in [5, 5.41) is 0. The Kier molecular flexibility index (Phi) is 4.55. The number of likely N-dealkylation sites (N-methyl/N-ethyl adjacent to an activating group) is 1. The van der Waals surface area contributed by atoms with E-state index in [-0.39, 0.29) is 0 Å². The number of imidazole rings is 1. The predicted molar refractivity (Wildman–Crippen MR) is 75.1 cm³/mol. The molecule has 2 rings (SSSR count). The molecule has 0 saturated heterocycles. The monoisotopic (exact) mass is 266 g/mol. The summed E-state index contributed by atoms with van der Waals surface area (Å²) < 4.78 is 2.18. The third-order valence-electron chi connectivity index (χ3n) is 3.15. The van der Waals surface area contributed by atoms with Crippen LogP contribution in [0.25, 0.3) is 11.2 Å². The second kappa shape index (κ2) is 6.16. The zero-order chi connectivity index (χ0) is 13.0. The van der Waals surface area contributed by atoms with Crippen LogP contribution in [0.2, 0.25) is 0 Å². The Morgan fingerprint density at radius 3 is 3.00 bits per heavy atom. The van der Waals surface area contributed by atoms with Gasteiger partial charge < -0.3 is 9.47 Å². The number of hydrogen-bond acceptors (Lipinski definition) is 3. The van der Waals surface area contributed by atoms with E-state index in [2.05, 4.69) is 33.4 Å². The van der Waals surface area contributed by atoms with Gasteiger partial charge in [0.2, 0.25) is 0 Å². The first-order valence-electron chi connectivity index (χ1n) is 6.31. The molecule has 5 heteroatoms. The van der Waals surface area contributed by atoms with Crippen LogP contribution in [0.4, 0.5) is 0 Å². The number of pyridine rings is 1. The standard InChI is InChI=1S/C13H19ClN4/c1-3-17(2)9-10-18-12(6-7-14)16-11-5-4-8-15-13(11)18/h4-5,8H,3,6-7,9-10H2,1-2H3. The van der Waals surface area contributed by atoms with E-state index in [4.69, 9.17) is 11.6 Å². The number of rotatable bonds is 6. The fourth-order valence-electron chi connectivity index (χ4n) is 1.94. The van der Waals surface area contributed by atoms with Gasteiger partial charge in [0.05, 0.1) is 0 Å². The van der Waals surface area contributed by atoms with Crippen LogP contribution < -0.4 is 0 Å². The van der Waals surface area contributed by atoms with Crippen molar-refractivity contribution in [3.8, 4) is 0 Å². The first-order chi connectivity index (χ1) is 8.76. The van der Waals surface area contributed by atoms with Gasteiger partial charge in [0, 0.05) is 31.6 Å². The zero-order valence-electron chi connectivity index (χ0n) is 10.9. The second-order valence-corrected chi connectivity index (χ2v) is 4.74. The molecule has 4 nitrogen and oxygen atoms in total. The van der Waals surface area contributed by atoms with Gasteiger partial charge in [-0.3, -0.25) is 0 Å². The van der Waals surface area contributed by atoms with Crippen molar-refractivity contribution in [3.05, 3.63) is 24.2 Å². The number of fused-ring (bicyclic) bond motifs is 1. The average molecular weight is 267 g/mol. The number of aryl methyl sites for hydroxylation is 1. The van der Waals surface area contributed by atoms with Gasteiger partial charge >= 0.3 is 0 Å². The van der Waals surface area contributed by atoms with E-state index in [1.165, 1.54) is 0 Å². The quantitative estimate of drug-likeness (QED) is 0.752. The molecule has 0 N–H and O–H groups in total. The summed E-state index contributed by atoms with van der Waals surface area (Å²) in [4.78, 5) is 11.3. The summed E-state index contributed by atoms with van der Waals surface area (Å²) >= 11 is 5.84. The van der Waals surface area contributed by atoms with Crippen molar-refractivity contribution < 1.29 is 0 Å². The summed E-state index contributed by atoms with van der Waals surface area (Å²) in [7, 11) is 2.12. The minimum Gasteiger partial charge on any atom is -0.311 e. The number of alkyl halides is 1. The van der Waals surface area contributed by atoms with E-state index in [0.29, 0.717) is 5.88 Å². The second-order valence-electron chi connectivity index (χ2n) is 4.36. The SMILES string of the molecule is CCN(C)CCn1c(CCCl)nc2cccnc21. The highest BCUT2D eigenvalue weighted by Gasteiger charge is 2.11. The third-order valence-corrected chi connectivity index (χ3v) is 3.34. The summed E-state index contributed by atoms with van der Waals surface area (Å²) in [6.45, 7) is 5.10. The van der Waals surface area contributed by atoms with Crippen LogP contribution in [0.1, 0.15) is 12.7 Å². The molecule has 0 unspecified atom stereocenters. The van der Waals surface area contributed by atoms with E-state index in [9.17, 15) is 0 Å². The van der Waals surface area contributed by atoms with E-state index < -0.39 is 0 Å². The maximum Gasteiger partial charge on any atom is 0.160 e. The third kappa shape index (κ3) is 2.82. The first-order valence-corrected chi connectivity index (χ1v) is 6.84. The minimum absolute atomic E-state index is 0.590. The summed E-state index contributed by atoms with van der Waals surface area (Å²) in [6, 6.07) is 3.92. The van der Waals surface area contributed by atoms with Crippen LogP contribution in [-0.2, 0) is 13.0 Å². The summed E-state index contributed by atoms with van der Waals surface area (Å²) in [5.41, 5.74) is 1.92. The molecule has 2 aromatic rings. The van der Waals surface area contributed by atoms with Crippen molar-refractivity contribution in [2.45, 2.75) is 19.9 Å². The van der Waals surface area contributed by atoms with E-state index in [1.807, 2.05) is 18.3 Å². The Morgan fingerprint density at radius 2 is 2.28 bits per heavy atom. The Hall–Kier alpha value is -1.13. The lowest BCUT2D eigenvalue weighted by molar-refractivity contribution is 0.335. The lowest BCUT2D eigenvalue weighted by Crippen LogP contribution is -2.23. The number of nitrogens with zero attached hydrogens (tertiary/aromatic N) is 4. The van der Waals surface area contributed by atoms with E-state index in [0.717, 1.165) is 43.0 Å². The topological polar surface area (TPSA) is 34.0 Å². The van der Waals surface area contributed by atoms with Gasteiger partial charge in [0.25, 0.3) is 0 Å². The van der Waals surface area contributed by atoms with Gasteiger partial charge in [-0.15, -0.1) is 11.6 Å². The first kappa shape index (κ1) is 13.3. The normalized spacial score (nSPS) is 11.6. The highest BCUT2D eigenvalue weighted by molar-refractivity contribution is 6.17. The van der Waals surface area contributed by atoms with Crippen molar-refractivity contribution in [2.75, 3.05) is 26.0 Å². The fraction of sp³-hybridized carbons (Fsp3) is 0.538. The van der Waals surface area contributed by atoms with E-state index >= 15 is 0 Å². The van der Waals surface area contributed by atoms with Crippen molar-refractivity contribution in [2.24, 2.45) is 0 Å². The molecule has 2 heterocycles. The van der Waals surface area contributed by atoms with Crippen LogP contribution >= 0.6 is 11.6 Å². The molecule has 0 aromatic carbocycles. The van der Waals surface area contributed by atoms with Crippen molar-refractivity contribution in [1.82, 2.24) is 19.4 Å². The lowest BCUT2D eigenvalue weighted by atomic mass is 10.4. The largest absolute Gasteiger partial charge is 0.311 e. The molecule has 0 aliphatic heterocycles. The van der Waals surface area contributed by atoms with Crippen molar-refractivity contribution in [3.63, 3.8) is 0 Å². The lowest BCUT2D eigenvalue weighted by Gasteiger charge is -2.15. The number of aromatic nitrogens is 3. The Labute approximate surface area is 113 Å². The molecular formula is C13H19ClN4. The summed E-state index contributed by atoms with van der Waals surface area (Å²) in [6.07, 6.45) is 2.60. The average Bonchev–Trinajstić information content (AvgIpc) is 2.74. The van der Waals surface area contributed by atoms with Gasteiger partial charge in [0.1, 0.15) is 11.3 Å². The Morgan fingerprint density at radius 1 is 1.44 bits per heavy atom. The maximum absolute atomic E-state index is 5.84. The van der Waals surface area contributed by atoms with Crippen LogP contribution in [0, 0.1) is 0 Å². The van der Waals surface area contributed by atoms with Gasteiger partial charge in [-0.25, -0.2) is 9.97 Å². The predicted octanol–water partition coefficient (Wildman–Crippen LogP) is 2.16. The summed E-state index contributed by atoms with van der Waals surface area (Å²) in [5.74, 6) is 1.62. The molecule has 0 aliphatic rings. The molecule has 0 saturated carbocycles. The van der Waals surface area contributed by atoms with Crippen LogP contribution in [0.15, 0.2) is 18.3 Å². The highest BCUT2D eigenvalue weighted by Crippen LogP contribution is 2.14. The molecule has 2 aromatic heterocycles. The van der Waals surface area contributed by atoms with Crippen LogP contribution in [-0.4, -0.2) is 45.5 Å². The van der Waals surface area contributed by atoms with Crippen molar-refractivity contribution in [1.29, 1.82) is 0 Å². The molecule has 18 heavy (non-hydrogen) atoms. The van der Waals surface area contributed by atoms with Gasteiger partial charge in [-0.2, -0.15) is 0 Å². The van der Waals surface area contributed by atoms with Crippen LogP contribution in [0.5, 0.6) is 0 Å². The Bertz CT molecular complexity index is 509. The molecule has 0 atom stereocenters. The molecule has 0 radical (unpaired) electrons. The number of halogens is 1. The smallest absolute Gasteiger partial charge is 0.160 e. The van der Waals surface area contributed by atoms with E-state index in [1.54, 1.807) is 0 Å². The molecule has 0 amide bonds. The number of hydrogen-bond donors (Lipinski definition) is 0. The van der Waals surface area contributed by atoms with Gasteiger partial charge in [-0.05, 0) is 25.7 Å². The minimum atomic E-state index is 0.590. The highest BCUT2D eigenvalue weighted by atomic mass is 35.5. The molecule has 0 spiro atoms. The molecule has 98 valence electrons. The zero-order valence-corrected chi connectivity index (χ0v) is 11.7. The maximum atomic E-state index is 5.84. The molecular weight excluding hydrogens is 248 g/mol. The van der Waals surface area contributed by atoms with Gasteiger partial charge in [0.15, 0.2) is 5.65 Å². The Balaban J connectivity index is 2.29.